The van der Waals surface area contributed by atoms with Gasteiger partial charge in [0.1, 0.15) is 0 Å². The van der Waals surface area contributed by atoms with Gasteiger partial charge in [0.25, 0.3) is 11.5 Å². The van der Waals surface area contributed by atoms with Crippen molar-refractivity contribution in [2.75, 3.05) is 0 Å². The molecule has 0 radical (unpaired) electrons. The van der Waals surface area contributed by atoms with Crippen LogP contribution in [0.2, 0.25) is 0 Å². The molecule has 1 saturated carbocycles. The van der Waals surface area contributed by atoms with E-state index in [1.165, 1.54) is 19.3 Å². The van der Waals surface area contributed by atoms with Crippen LogP contribution >= 0.6 is 0 Å². The van der Waals surface area contributed by atoms with E-state index in [9.17, 15) is 9.59 Å². The summed E-state index contributed by atoms with van der Waals surface area (Å²) in [6, 6.07) is 6.89. The lowest BCUT2D eigenvalue weighted by Gasteiger charge is -2.16. The lowest BCUT2D eigenvalue weighted by atomic mass is 9.90. The van der Waals surface area contributed by atoms with E-state index < -0.39 is 5.91 Å². The van der Waals surface area contributed by atoms with Gasteiger partial charge in [0, 0.05) is 11.6 Å². The Kier molecular flexibility index (Phi) is 4.27. The number of nitrogens with one attached hydrogen (secondary N) is 2. The molecular formula is C16H18N4O2. The molecule has 0 bridgehead atoms. The highest BCUT2D eigenvalue weighted by Crippen LogP contribution is 2.21. The van der Waals surface area contributed by atoms with Crippen LogP contribution in [-0.4, -0.2) is 22.3 Å². The number of amides is 1. The van der Waals surface area contributed by atoms with Gasteiger partial charge in [-0.1, -0.05) is 37.5 Å². The molecule has 0 spiro atoms. The monoisotopic (exact) mass is 298 g/mol. The smallest absolute Gasteiger partial charge is 0.267 e. The first kappa shape index (κ1) is 14.4. The van der Waals surface area contributed by atoms with Crippen molar-refractivity contribution in [1.29, 1.82) is 0 Å². The van der Waals surface area contributed by atoms with Crippen molar-refractivity contribution in [3.8, 4) is 0 Å². The minimum atomic E-state index is -0.417. The second kappa shape index (κ2) is 6.51. The summed E-state index contributed by atoms with van der Waals surface area (Å²) in [5, 5.41) is 11.2. The molecule has 1 heterocycles. The molecule has 6 heteroatoms. The highest BCUT2D eigenvalue weighted by atomic mass is 16.2. The maximum Gasteiger partial charge on any atom is 0.292 e. The quantitative estimate of drug-likeness (QED) is 0.673. The topological polar surface area (TPSA) is 87.2 Å². The van der Waals surface area contributed by atoms with Crippen molar-refractivity contribution in [2.45, 2.75) is 32.1 Å². The number of carbonyl (C=O) groups is 1. The summed E-state index contributed by atoms with van der Waals surface area (Å²) in [6.07, 6.45) is 7.78. The van der Waals surface area contributed by atoms with Gasteiger partial charge in [-0.2, -0.15) is 10.2 Å². The van der Waals surface area contributed by atoms with Gasteiger partial charge in [-0.3, -0.25) is 9.59 Å². The fraction of sp³-hybridized carbons (Fsp3) is 0.375. The Labute approximate surface area is 127 Å². The molecule has 1 aromatic heterocycles. The van der Waals surface area contributed by atoms with Crippen LogP contribution in [0.1, 0.15) is 42.6 Å². The molecule has 0 unspecified atom stereocenters. The van der Waals surface area contributed by atoms with Gasteiger partial charge in [-0.25, -0.2) is 10.5 Å². The minimum absolute atomic E-state index is 0.177. The first-order valence-corrected chi connectivity index (χ1v) is 7.56. The van der Waals surface area contributed by atoms with Gasteiger partial charge in [-0.05, 0) is 24.8 Å². The first-order chi connectivity index (χ1) is 10.8. The van der Waals surface area contributed by atoms with Crippen LogP contribution in [0, 0.1) is 5.92 Å². The van der Waals surface area contributed by atoms with E-state index in [4.69, 9.17) is 0 Å². The lowest BCUT2D eigenvalue weighted by Crippen LogP contribution is -2.23. The van der Waals surface area contributed by atoms with E-state index in [-0.39, 0.29) is 11.3 Å². The second-order valence-corrected chi connectivity index (χ2v) is 5.56. The Morgan fingerprint density at radius 2 is 1.95 bits per heavy atom. The van der Waals surface area contributed by atoms with Crippen LogP contribution in [0.4, 0.5) is 0 Å². The number of aromatic nitrogens is 2. The molecule has 1 amide bonds. The van der Waals surface area contributed by atoms with Crippen molar-refractivity contribution in [1.82, 2.24) is 15.6 Å². The molecule has 114 valence electrons. The van der Waals surface area contributed by atoms with E-state index in [1.54, 1.807) is 24.3 Å². The minimum Gasteiger partial charge on any atom is -0.267 e. The van der Waals surface area contributed by atoms with Crippen molar-refractivity contribution < 1.29 is 4.79 Å². The number of carbonyl (C=O) groups excluding carboxylic acids is 1. The number of fused-ring (bicyclic) bond motifs is 1. The van der Waals surface area contributed by atoms with Crippen LogP contribution in [0.3, 0.4) is 0 Å². The molecule has 22 heavy (non-hydrogen) atoms. The Balaban J connectivity index is 1.76. The summed E-state index contributed by atoms with van der Waals surface area (Å²) in [5.41, 5.74) is 2.37. The second-order valence-electron chi connectivity index (χ2n) is 5.56. The summed E-state index contributed by atoms with van der Waals surface area (Å²) < 4.78 is 0. The van der Waals surface area contributed by atoms with Crippen LogP contribution in [-0.2, 0) is 0 Å². The third-order valence-electron chi connectivity index (χ3n) is 4.01. The van der Waals surface area contributed by atoms with Crippen molar-refractivity contribution >= 4 is 22.9 Å². The number of rotatable bonds is 3. The molecule has 2 aromatic rings. The third-order valence-corrected chi connectivity index (χ3v) is 4.01. The van der Waals surface area contributed by atoms with Gasteiger partial charge in [0.05, 0.1) is 5.39 Å². The number of aromatic amines is 1. The highest BCUT2D eigenvalue weighted by molar-refractivity contribution is 6.04. The Morgan fingerprint density at radius 1 is 1.23 bits per heavy atom. The van der Waals surface area contributed by atoms with E-state index in [0.29, 0.717) is 16.7 Å². The standard InChI is InChI=1S/C16H18N4O2/c21-15-13-9-5-4-8-12(13)14(18-20-15)16(22)19-17-10-11-6-2-1-3-7-11/h4-5,8-11H,1-3,6-7H2,(H,19,22)(H,20,21)/b17-10-. The SMILES string of the molecule is O=C(N/N=C\C1CCCCC1)c1n[nH]c(=O)c2ccccc12. The molecule has 0 atom stereocenters. The van der Waals surface area contributed by atoms with Crippen LogP contribution < -0.4 is 11.0 Å². The van der Waals surface area contributed by atoms with Crippen molar-refractivity contribution in [3.63, 3.8) is 0 Å². The Hall–Kier alpha value is -2.50. The Bertz CT molecular complexity index is 760. The Morgan fingerprint density at radius 3 is 2.73 bits per heavy atom. The van der Waals surface area contributed by atoms with Gasteiger partial charge in [-0.15, -0.1) is 0 Å². The normalized spacial score (nSPS) is 16.2. The fourth-order valence-corrected chi connectivity index (χ4v) is 2.83. The van der Waals surface area contributed by atoms with E-state index in [2.05, 4.69) is 20.7 Å². The zero-order valence-corrected chi connectivity index (χ0v) is 12.2. The number of H-pyrrole nitrogens is 1. The number of hydrazone groups is 1. The van der Waals surface area contributed by atoms with E-state index >= 15 is 0 Å². The van der Waals surface area contributed by atoms with E-state index in [0.717, 1.165) is 12.8 Å². The number of benzene rings is 1. The third kappa shape index (κ3) is 3.05. The summed E-state index contributed by atoms with van der Waals surface area (Å²) in [6.45, 7) is 0. The molecule has 1 aliphatic rings. The molecule has 3 rings (SSSR count). The summed E-state index contributed by atoms with van der Waals surface area (Å²) >= 11 is 0. The van der Waals surface area contributed by atoms with Gasteiger partial charge in [0.2, 0.25) is 0 Å². The number of hydrogen-bond acceptors (Lipinski definition) is 4. The zero-order chi connectivity index (χ0) is 15.4. The predicted molar refractivity (Wildman–Crippen MR) is 84.9 cm³/mol. The number of nitrogens with zero attached hydrogens (tertiary/aromatic N) is 2. The molecular weight excluding hydrogens is 280 g/mol. The molecule has 0 saturated heterocycles. The zero-order valence-electron chi connectivity index (χ0n) is 12.2. The average molecular weight is 298 g/mol. The van der Waals surface area contributed by atoms with Gasteiger partial charge in [0.15, 0.2) is 5.69 Å². The summed E-state index contributed by atoms with van der Waals surface area (Å²) in [4.78, 5) is 23.9. The van der Waals surface area contributed by atoms with Crippen LogP contribution in [0.15, 0.2) is 34.2 Å². The maximum absolute atomic E-state index is 12.2. The molecule has 0 aliphatic heterocycles. The molecule has 1 aromatic carbocycles. The largest absolute Gasteiger partial charge is 0.292 e. The predicted octanol–water partition coefficient (Wildman–Crippen LogP) is 2.22. The fourth-order valence-electron chi connectivity index (χ4n) is 2.83. The lowest BCUT2D eigenvalue weighted by molar-refractivity contribution is 0.0950. The van der Waals surface area contributed by atoms with Crippen molar-refractivity contribution in [3.05, 3.63) is 40.3 Å². The maximum atomic E-state index is 12.2. The van der Waals surface area contributed by atoms with Crippen LogP contribution in [0.5, 0.6) is 0 Å². The van der Waals surface area contributed by atoms with Gasteiger partial charge < -0.3 is 0 Å². The van der Waals surface area contributed by atoms with E-state index in [1.807, 2.05) is 6.21 Å². The number of hydrogen-bond donors (Lipinski definition) is 2. The summed E-state index contributed by atoms with van der Waals surface area (Å²) in [5.74, 6) is 0.0221. The molecule has 1 aliphatic carbocycles. The summed E-state index contributed by atoms with van der Waals surface area (Å²) in [7, 11) is 0. The first-order valence-electron chi connectivity index (χ1n) is 7.56. The van der Waals surface area contributed by atoms with Crippen molar-refractivity contribution in [2.24, 2.45) is 11.0 Å². The molecule has 2 N–H and O–H groups in total. The average Bonchev–Trinajstić information content (AvgIpc) is 2.56. The van der Waals surface area contributed by atoms with Gasteiger partial charge >= 0.3 is 0 Å². The molecule has 6 nitrogen and oxygen atoms in total. The van der Waals surface area contributed by atoms with Crippen LogP contribution in [0.25, 0.3) is 10.8 Å². The highest BCUT2D eigenvalue weighted by Gasteiger charge is 2.14. The molecule has 1 fully saturated rings.